The lowest BCUT2D eigenvalue weighted by atomic mass is 9.42. The molecule has 0 amide bonds. The molecule has 10 aromatic rings. The van der Waals surface area contributed by atoms with Crippen LogP contribution in [0.15, 0.2) is 186 Å². The zero-order valence-corrected chi connectivity index (χ0v) is 42.6. The number of para-hydroxylation sites is 3. The summed E-state index contributed by atoms with van der Waals surface area (Å²) >= 11 is 0. The molecule has 0 N–H and O–H groups in total. The zero-order valence-electron chi connectivity index (χ0n) is 41.6. The Kier molecular flexibility index (Phi) is 8.15. The highest BCUT2D eigenvalue weighted by Gasteiger charge is 2.57. The summed E-state index contributed by atoms with van der Waals surface area (Å²) < 4.78 is 7.36. The monoisotopic (exact) mass is 930 g/mol. The van der Waals surface area contributed by atoms with Gasteiger partial charge in [-0.25, -0.2) is 0 Å². The summed E-state index contributed by atoms with van der Waals surface area (Å²) in [4.78, 5) is 5.47. The number of furan rings is 1. The van der Waals surface area contributed by atoms with E-state index in [1.54, 1.807) is 0 Å². The number of hydrogen-bond donors (Lipinski definition) is 0. The third kappa shape index (κ3) is 5.15. The van der Waals surface area contributed by atoms with Crippen molar-refractivity contribution in [3.63, 3.8) is 0 Å². The zero-order chi connectivity index (χ0) is 47.9. The molecule has 9 aromatic carbocycles. The molecule has 15 rings (SSSR count). The number of rotatable bonds is 3. The van der Waals surface area contributed by atoms with Crippen molar-refractivity contribution >= 4 is 97.0 Å². The van der Waals surface area contributed by atoms with Crippen molar-refractivity contribution in [3.05, 3.63) is 210 Å². The van der Waals surface area contributed by atoms with Crippen LogP contribution in [0.1, 0.15) is 82.2 Å². The smallest absolute Gasteiger partial charge is 0.336 e. The Morgan fingerprint density at radius 1 is 0.493 bits per heavy atom. The van der Waals surface area contributed by atoms with Crippen LogP contribution in [-0.4, -0.2) is 14.9 Å². The average Bonchev–Trinajstić information content (AvgIpc) is 3.88. The quantitative estimate of drug-likeness (QED) is 0.165. The van der Waals surface area contributed by atoms with Gasteiger partial charge in [0.15, 0.2) is 8.07 Å². The van der Waals surface area contributed by atoms with Gasteiger partial charge in [0.2, 0.25) is 0 Å². The molecule has 0 bridgehead atoms. The molecule has 0 saturated heterocycles. The molecule has 5 heteroatoms. The van der Waals surface area contributed by atoms with Gasteiger partial charge in [0.25, 0.3) is 0 Å². The summed E-state index contributed by atoms with van der Waals surface area (Å²) in [7, 11) is -2.98. The minimum Gasteiger partial charge on any atom is -0.456 e. The normalized spacial score (nSPS) is 17.5. The second-order valence-corrected chi connectivity index (χ2v) is 26.7. The maximum atomic E-state index is 7.36. The van der Waals surface area contributed by atoms with Crippen molar-refractivity contribution in [3.8, 4) is 22.3 Å². The number of anilines is 5. The first kappa shape index (κ1) is 41.4. The van der Waals surface area contributed by atoms with E-state index in [-0.39, 0.29) is 23.1 Å². The maximum absolute atomic E-state index is 7.36. The van der Waals surface area contributed by atoms with Gasteiger partial charge in [-0.3, -0.25) is 0 Å². The molecule has 0 spiro atoms. The van der Waals surface area contributed by atoms with E-state index >= 15 is 0 Å². The topological polar surface area (TPSA) is 19.6 Å². The summed E-state index contributed by atoms with van der Waals surface area (Å²) in [6.45, 7) is 16.9. The third-order valence-corrected chi connectivity index (χ3v) is 22.9. The molecule has 0 unspecified atom stereocenters. The van der Waals surface area contributed by atoms with Crippen LogP contribution < -0.4 is 41.4 Å². The first-order valence-electron chi connectivity index (χ1n) is 25.8. The third-order valence-electron chi connectivity index (χ3n) is 18.1. The molecule has 0 radical (unpaired) electrons. The van der Waals surface area contributed by atoms with Gasteiger partial charge < -0.3 is 14.1 Å². The molecule has 71 heavy (non-hydrogen) atoms. The molecule has 3 nitrogen and oxygen atoms in total. The van der Waals surface area contributed by atoms with E-state index in [0.717, 1.165) is 28.4 Å². The average molecular weight is 931 g/mol. The van der Waals surface area contributed by atoms with E-state index in [1.807, 2.05) is 0 Å². The lowest BCUT2D eigenvalue weighted by Gasteiger charge is -2.53. The summed E-state index contributed by atoms with van der Waals surface area (Å²) in [5.74, 6) is 0. The highest BCUT2D eigenvalue weighted by atomic mass is 28.3. The van der Waals surface area contributed by atoms with E-state index in [2.05, 4.69) is 240 Å². The molecular weight excluding hydrogens is 876 g/mol. The molecule has 0 atom stereocenters. The second-order valence-electron chi connectivity index (χ2n) is 23.0. The fraction of sp³-hybridized carbons (Fsp3) is 0.182. The number of benzene rings is 9. The molecule has 3 aliphatic heterocycles. The van der Waals surface area contributed by atoms with Crippen molar-refractivity contribution in [1.82, 2.24) is 0 Å². The Labute approximate surface area is 418 Å². The van der Waals surface area contributed by atoms with Gasteiger partial charge in [0.05, 0.1) is 0 Å². The van der Waals surface area contributed by atoms with Gasteiger partial charge in [-0.1, -0.05) is 187 Å². The Morgan fingerprint density at radius 3 is 1.89 bits per heavy atom. The van der Waals surface area contributed by atoms with Crippen molar-refractivity contribution < 1.29 is 4.42 Å². The molecule has 1 aromatic heterocycles. The SMILES string of the molecule is Cc1cc2c(cc1N1c3cc4c(c5c3B(c3c1ccc1c3oc3ccccc31)N1c3ccccc3[Si](c3ccccc3)(c3ccccc3)c3cccc-5c31)C(C)(C)c1ccccc1-4)C(C)(C)CCC2(C)C. The first-order chi connectivity index (χ1) is 34.4. The van der Waals surface area contributed by atoms with Gasteiger partial charge in [-0.15, -0.1) is 0 Å². The number of aryl methyl sites for hydroxylation is 1. The van der Waals surface area contributed by atoms with Crippen molar-refractivity contribution in [2.24, 2.45) is 0 Å². The van der Waals surface area contributed by atoms with Gasteiger partial charge >= 0.3 is 6.85 Å². The summed E-state index contributed by atoms with van der Waals surface area (Å²) in [6.07, 6.45) is 2.33. The van der Waals surface area contributed by atoms with Crippen LogP contribution in [0.25, 0.3) is 44.2 Å². The lowest BCUT2D eigenvalue weighted by molar-refractivity contribution is 0.332. The molecule has 0 fully saturated rings. The Bertz CT molecular complexity index is 3920. The summed E-state index contributed by atoms with van der Waals surface area (Å²) in [5.41, 5.74) is 23.0. The molecule has 2 aliphatic carbocycles. The largest absolute Gasteiger partial charge is 0.456 e. The molecular formula is C66H55BN2OSi. The van der Waals surface area contributed by atoms with E-state index in [4.69, 9.17) is 4.42 Å². The van der Waals surface area contributed by atoms with Gasteiger partial charge in [-0.2, -0.15) is 0 Å². The minimum atomic E-state index is -2.98. The maximum Gasteiger partial charge on any atom is 0.336 e. The van der Waals surface area contributed by atoms with Gasteiger partial charge in [-0.05, 0) is 138 Å². The van der Waals surface area contributed by atoms with Crippen LogP contribution in [0.5, 0.6) is 0 Å². The van der Waals surface area contributed by atoms with Crippen LogP contribution in [0.2, 0.25) is 0 Å². The second kappa shape index (κ2) is 14.0. The van der Waals surface area contributed by atoms with Crippen LogP contribution in [0, 0.1) is 6.92 Å². The highest BCUT2D eigenvalue weighted by molar-refractivity contribution is 7.22. The standard InChI is InChI=1S/C66H55BN2OSi/c1-40-37-49-50(65(4,5)36-35-64(49,2)3)39-53(40)68-52-34-33-45-44-26-15-18-30-55(44)70-63(45)61(52)67-60-54(68)38-47-43-25-14-16-28-48(43)66(6,7)59(47)58(60)46-27-20-32-57-62(46)69(67)51-29-17-19-31-56(51)71(57,41-21-10-8-11-22-41)42-23-12-9-13-24-42/h8-34,37-39H,35-36H2,1-7H3. The molecule has 4 heterocycles. The van der Waals surface area contributed by atoms with E-state index < -0.39 is 8.07 Å². The number of nitrogens with zero attached hydrogens (tertiary/aromatic N) is 2. The van der Waals surface area contributed by atoms with Crippen molar-refractivity contribution in [2.75, 3.05) is 9.71 Å². The van der Waals surface area contributed by atoms with Crippen LogP contribution >= 0.6 is 0 Å². The van der Waals surface area contributed by atoms with Gasteiger partial charge in [0.1, 0.15) is 11.2 Å². The minimum absolute atomic E-state index is 0.0260. The number of hydrogen-bond acceptors (Lipinski definition) is 3. The first-order valence-corrected chi connectivity index (χ1v) is 27.8. The van der Waals surface area contributed by atoms with Crippen LogP contribution in [0.3, 0.4) is 0 Å². The fourth-order valence-corrected chi connectivity index (χ4v) is 19.8. The van der Waals surface area contributed by atoms with Crippen molar-refractivity contribution in [1.29, 1.82) is 0 Å². The number of fused-ring (bicyclic) bond motifs is 15. The fourth-order valence-electron chi connectivity index (χ4n) is 14.7. The highest BCUT2D eigenvalue weighted by Crippen LogP contribution is 2.59. The summed E-state index contributed by atoms with van der Waals surface area (Å²) in [5, 5.41) is 7.95. The van der Waals surface area contributed by atoms with Crippen molar-refractivity contribution in [2.45, 2.75) is 77.6 Å². The van der Waals surface area contributed by atoms with Crippen LogP contribution in [-0.2, 0) is 16.2 Å². The van der Waals surface area contributed by atoms with Gasteiger partial charge in [0, 0.05) is 55.7 Å². The predicted octanol–water partition coefficient (Wildman–Crippen LogP) is 12.9. The predicted molar refractivity (Wildman–Crippen MR) is 302 cm³/mol. The Morgan fingerprint density at radius 2 is 1.13 bits per heavy atom. The lowest BCUT2D eigenvalue weighted by Crippen LogP contribution is -2.79. The Hall–Kier alpha value is -7.34. The van der Waals surface area contributed by atoms with E-state index in [9.17, 15) is 0 Å². The Balaban J connectivity index is 1.16. The van der Waals surface area contributed by atoms with Crippen LogP contribution in [0.4, 0.5) is 28.4 Å². The molecule has 342 valence electrons. The van der Waals surface area contributed by atoms with E-state index in [0.29, 0.717) is 0 Å². The van der Waals surface area contributed by atoms with E-state index in [1.165, 1.54) is 117 Å². The molecule has 5 aliphatic rings. The summed E-state index contributed by atoms with van der Waals surface area (Å²) in [6, 6.07) is 70.2. The molecule has 0 saturated carbocycles.